The molecule has 2 aliphatic heterocycles. The third kappa shape index (κ3) is 5.41. The average Bonchev–Trinajstić information content (AvgIpc) is 2.60. The summed E-state index contributed by atoms with van der Waals surface area (Å²) in [6.45, 7) is -1.77. The number of aliphatic hydroxyl groups is 7. The van der Waals surface area contributed by atoms with Crippen LogP contribution in [0.4, 0.5) is 0 Å². The molecule has 0 aromatic rings. The Hall–Kier alpha value is -0.290. The second-order valence-electron chi connectivity index (χ2n) is 6.09. The van der Waals surface area contributed by atoms with Crippen molar-refractivity contribution in [1.82, 2.24) is 0 Å². The number of phosphoric acid groups is 1. The summed E-state index contributed by atoms with van der Waals surface area (Å²) in [6, 6.07) is 0. The van der Waals surface area contributed by atoms with Gasteiger partial charge in [-0.1, -0.05) is 0 Å². The summed E-state index contributed by atoms with van der Waals surface area (Å²) < 4.78 is 29.7. The van der Waals surface area contributed by atoms with Gasteiger partial charge in [0.25, 0.3) is 0 Å². The maximum Gasteiger partial charge on any atom is 0.187 e. The Balaban J connectivity index is 2.11. The fraction of sp³-hybridized carbons (Fsp3) is 1.00. The first-order valence-electron chi connectivity index (χ1n) is 7.78. The molecule has 0 aromatic carbocycles. The predicted molar refractivity (Wildman–Crippen MR) is 75.1 cm³/mol. The molecule has 0 amide bonds. The van der Waals surface area contributed by atoms with Crippen LogP contribution in [0, 0.1) is 0 Å². The number of hydrogen-bond acceptors (Lipinski definition) is 14. The lowest BCUT2D eigenvalue weighted by atomic mass is 9.97. The molecule has 2 heterocycles. The second-order valence-corrected chi connectivity index (χ2v) is 7.24. The highest BCUT2D eigenvalue weighted by molar-refractivity contribution is 7.43. The first-order valence-corrected chi connectivity index (χ1v) is 9.24. The van der Waals surface area contributed by atoms with Crippen LogP contribution in [0.2, 0.25) is 0 Å². The highest BCUT2D eigenvalue weighted by Crippen LogP contribution is 2.31. The summed E-state index contributed by atoms with van der Waals surface area (Å²) >= 11 is 0. The molecule has 0 spiro atoms. The standard InChI is InChI=1S/C12H23O14P/c13-1-3-10(7(16)8(17)11(19)24-3)26-12-9(18)6(15)5(14)4(25-12)2-23-27(20,21)22/h3-19H,1-2H2,(H2,20,21,22)/p-2/t3-,4-,5+,6+,7-,8-,9-,10-,11-,12+/m1/s1. The Morgan fingerprint density at radius 1 is 0.852 bits per heavy atom. The third-order valence-corrected chi connectivity index (χ3v) is 4.66. The fourth-order valence-electron chi connectivity index (χ4n) is 2.72. The maximum absolute atomic E-state index is 10.6. The van der Waals surface area contributed by atoms with Gasteiger partial charge in [-0.15, -0.1) is 0 Å². The molecule has 0 radical (unpaired) electrons. The van der Waals surface area contributed by atoms with Gasteiger partial charge in [0.15, 0.2) is 12.6 Å². The molecule has 10 atom stereocenters. The summed E-state index contributed by atoms with van der Waals surface area (Å²) in [5.74, 6) is 0. The van der Waals surface area contributed by atoms with Crippen molar-refractivity contribution in [2.45, 2.75) is 61.4 Å². The van der Waals surface area contributed by atoms with Crippen LogP contribution in [0.1, 0.15) is 0 Å². The Bertz CT molecular complexity index is 526. The zero-order chi connectivity index (χ0) is 20.5. The summed E-state index contributed by atoms with van der Waals surface area (Å²) in [4.78, 5) is 21.1. The van der Waals surface area contributed by atoms with Crippen molar-refractivity contribution in [3.8, 4) is 0 Å². The van der Waals surface area contributed by atoms with E-state index in [0.29, 0.717) is 0 Å². The zero-order valence-electron chi connectivity index (χ0n) is 13.6. The molecular formula is C12H21O14P-2. The second kappa shape index (κ2) is 9.02. The van der Waals surface area contributed by atoms with Gasteiger partial charge in [0.1, 0.15) is 48.8 Å². The Morgan fingerprint density at radius 3 is 2.04 bits per heavy atom. The van der Waals surface area contributed by atoms with Crippen molar-refractivity contribution in [1.29, 1.82) is 0 Å². The number of ether oxygens (including phenoxy) is 3. The van der Waals surface area contributed by atoms with Gasteiger partial charge in [0, 0.05) is 0 Å². The van der Waals surface area contributed by atoms with E-state index < -0.39 is 82.4 Å². The topological polar surface area (TPSA) is 242 Å². The summed E-state index contributed by atoms with van der Waals surface area (Å²) in [7, 11) is -5.42. The number of phosphoric ester groups is 1. The van der Waals surface area contributed by atoms with Gasteiger partial charge in [-0.3, -0.25) is 0 Å². The number of rotatable bonds is 6. The van der Waals surface area contributed by atoms with Crippen LogP contribution >= 0.6 is 7.82 Å². The SMILES string of the molecule is O=P([O-])([O-])OC[C@H]1O[C@@H](O[C@H]2[C@H](O)[C@@H](O)[C@H](O)O[C@@H]2CO)[C@H](O)[C@@H](O)[C@H]1O. The normalized spacial score (nSPS) is 46.4. The molecule has 0 aromatic heterocycles. The minimum atomic E-state index is -5.42. The van der Waals surface area contributed by atoms with Gasteiger partial charge in [-0.25, -0.2) is 0 Å². The molecule has 0 saturated carbocycles. The molecule has 160 valence electrons. The predicted octanol–water partition coefficient (Wildman–Crippen LogP) is -6.54. The van der Waals surface area contributed by atoms with E-state index in [1.54, 1.807) is 0 Å². The van der Waals surface area contributed by atoms with E-state index in [1.165, 1.54) is 0 Å². The molecule has 2 aliphatic rings. The van der Waals surface area contributed by atoms with Crippen molar-refractivity contribution >= 4 is 7.82 Å². The molecule has 15 heteroatoms. The molecule has 14 nitrogen and oxygen atoms in total. The highest BCUT2D eigenvalue weighted by atomic mass is 31.2. The van der Waals surface area contributed by atoms with E-state index in [1.807, 2.05) is 0 Å². The highest BCUT2D eigenvalue weighted by Gasteiger charge is 2.50. The van der Waals surface area contributed by atoms with Crippen molar-refractivity contribution in [2.75, 3.05) is 13.2 Å². The van der Waals surface area contributed by atoms with Crippen LogP contribution in [0.15, 0.2) is 0 Å². The van der Waals surface area contributed by atoms with Crippen LogP contribution in [-0.4, -0.2) is 110 Å². The maximum atomic E-state index is 10.6. The smallest absolute Gasteiger partial charge is 0.187 e. The van der Waals surface area contributed by atoms with Crippen molar-refractivity contribution < 1.29 is 68.8 Å². The Morgan fingerprint density at radius 2 is 1.48 bits per heavy atom. The number of hydrogen-bond donors (Lipinski definition) is 7. The van der Waals surface area contributed by atoms with Gasteiger partial charge in [-0.2, -0.15) is 0 Å². The molecule has 2 fully saturated rings. The number of aliphatic hydroxyl groups excluding tert-OH is 7. The molecule has 0 bridgehead atoms. The van der Waals surface area contributed by atoms with Gasteiger partial charge >= 0.3 is 0 Å². The van der Waals surface area contributed by atoms with Crippen LogP contribution < -0.4 is 9.79 Å². The first kappa shape index (κ1) is 23.0. The van der Waals surface area contributed by atoms with Crippen LogP contribution in [-0.2, 0) is 23.3 Å². The summed E-state index contributed by atoms with van der Waals surface area (Å²) in [6.07, 6.45) is -17.5. The summed E-state index contributed by atoms with van der Waals surface area (Å²) in [5, 5.41) is 68.0. The molecule has 7 N–H and O–H groups in total. The van der Waals surface area contributed by atoms with E-state index in [4.69, 9.17) is 14.2 Å². The van der Waals surface area contributed by atoms with Crippen LogP contribution in [0.5, 0.6) is 0 Å². The lowest BCUT2D eigenvalue weighted by molar-refractivity contribution is -0.362. The Labute approximate surface area is 152 Å². The molecule has 27 heavy (non-hydrogen) atoms. The fourth-order valence-corrected chi connectivity index (χ4v) is 3.05. The lowest BCUT2D eigenvalue weighted by Crippen LogP contribution is -2.64. The lowest BCUT2D eigenvalue weighted by Gasteiger charge is -2.45. The van der Waals surface area contributed by atoms with Gasteiger partial charge < -0.3 is 68.8 Å². The van der Waals surface area contributed by atoms with Crippen molar-refractivity contribution in [3.05, 3.63) is 0 Å². The summed E-state index contributed by atoms with van der Waals surface area (Å²) in [5.41, 5.74) is 0. The van der Waals surface area contributed by atoms with E-state index in [2.05, 4.69) is 4.52 Å². The average molecular weight is 420 g/mol. The largest absolute Gasteiger partial charge is 0.790 e. The molecule has 2 saturated heterocycles. The first-order chi connectivity index (χ1) is 12.5. The van der Waals surface area contributed by atoms with Crippen LogP contribution in [0.25, 0.3) is 0 Å². The van der Waals surface area contributed by atoms with Crippen molar-refractivity contribution in [3.63, 3.8) is 0 Å². The molecule has 0 aliphatic carbocycles. The van der Waals surface area contributed by atoms with Gasteiger partial charge in [-0.05, 0) is 0 Å². The molecular weight excluding hydrogens is 399 g/mol. The quantitative estimate of drug-likeness (QED) is 0.198. The van der Waals surface area contributed by atoms with Gasteiger partial charge in [0.05, 0.1) is 21.0 Å². The molecule has 2 rings (SSSR count). The van der Waals surface area contributed by atoms with E-state index in [-0.39, 0.29) is 0 Å². The monoisotopic (exact) mass is 420 g/mol. The van der Waals surface area contributed by atoms with Crippen molar-refractivity contribution in [2.24, 2.45) is 0 Å². The Kier molecular flexibility index (Phi) is 7.68. The minimum absolute atomic E-state index is 0.776. The van der Waals surface area contributed by atoms with E-state index in [9.17, 15) is 50.1 Å². The van der Waals surface area contributed by atoms with Gasteiger partial charge in [0.2, 0.25) is 0 Å². The molecule has 0 unspecified atom stereocenters. The van der Waals surface area contributed by atoms with Crippen LogP contribution in [0.3, 0.4) is 0 Å². The zero-order valence-corrected chi connectivity index (χ0v) is 14.5. The third-order valence-electron chi connectivity index (χ3n) is 4.20. The minimum Gasteiger partial charge on any atom is -0.790 e. The van der Waals surface area contributed by atoms with E-state index >= 15 is 0 Å². The van der Waals surface area contributed by atoms with E-state index in [0.717, 1.165) is 0 Å².